The molecule has 9 atom stereocenters. The van der Waals surface area contributed by atoms with E-state index in [0.717, 1.165) is 0 Å². The maximum Gasteiger partial charge on any atom is 0.238 e. The predicted octanol–water partition coefficient (Wildman–Crippen LogP) is 0.683. The molecule has 0 aromatic rings. The van der Waals surface area contributed by atoms with Crippen molar-refractivity contribution in [1.29, 1.82) is 0 Å². The number of amides is 1. The number of hydrogen-bond donors (Lipinski definition) is 5. The van der Waals surface area contributed by atoms with Gasteiger partial charge in [0.25, 0.3) is 0 Å². The summed E-state index contributed by atoms with van der Waals surface area (Å²) in [4.78, 5) is 12.8. The summed E-state index contributed by atoms with van der Waals surface area (Å²) < 4.78 is 31.0. The number of aliphatic hydroxyl groups excluding tert-OH is 3. The molecule has 2 aliphatic heterocycles. The van der Waals surface area contributed by atoms with Gasteiger partial charge in [0.15, 0.2) is 0 Å². The molecule has 29 heavy (non-hydrogen) atoms. The van der Waals surface area contributed by atoms with Gasteiger partial charge in [-0.3, -0.25) is 4.79 Å². The van der Waals surface area contributed by atoms with Gasteiger partial charge in [-0.15, -0.1) is 23.4 Å². The maximum absolute atomic E-state index is 12.8. The highest BCUT2D eigenvalue weighted by Crippen LogP contribution is 2.30. The van der Waals surface area contributed by atoms with Crippen LogP contribution in [0.4, 0.5) is 8.78 Å². The Bertz CT molecular complexity index is 534. The number of carbonyl (C=O) groups is 1. The third-order valence-corrected chi connectivity index (χ3v) is 6.76. The molecule has 2 rings (SSSR count). The first-order valence-corrected chi connectivity index (χ1v) is 11.6. The van der Waals surface area contributed by atoms with E-state index < -0.39 is 53.7 Å². The number of carbonyl (C=O) groups excluding carboxylic acids is 1. The van der Waals surface area contributed by atoms with Gasteiger partial charge in [0.2, 0.25) is 12.3 Å². The van der Waals surface area contributed by atoms with Crippen LogP contribution in [0.1, 0.15) is 32.6 Å². The highest BCUT2D eigenvalue weighted by Gasteiger charge is 2.48. The van der Waals surface area contributed by atoms with Crippen LogP contribution in [0.25, 0.3) is 0 Å². The van der Waals surface area contributed by atoms with E-state index in [0.29, 0.717) is 25.8 Å². The minimum atomic E-state index is -2.36. The molecule has 2 saturated heterocycles. The Morgan fingerprint density at radius 3 is 2.52 bits per heavy atom. The molecule has 0 saturated carbocycles. The van der Waals surface area contributed by atoms with Crippen LogP contribution in [0.15, 0.2) is 0 Å². The topological polar surface area (TPSA) is 111 Å². The van der Waals surface area contributed by atoms with Crippen molar-refractivity contribution in [3.63, 3.8) is 0 Å². The Kier molecular flexibility index (Phi) is 9.85. The van der Waals surface area contributed by atoms with Crippen LogP contribution in [0.2, 0.25) is 0 Å². The average molecular weight is 461 g/mol. The van der Waals surface area contributed by atoms with Gasteiger partial charge in [-0.05, 0) is 44.9 Å². The highest BCUT2D eigenvalue weighted by molar-refractivity contribution is 7.99. The van der Waals surface area contributed by atoms with Gasteiger partial charge >= 0.3 is 0 Å². The molecule has 1 amide bonds. The Labute approximate surface area is 178 Å². The fourth-order valence-electron chi connectivity index (χ4n) is 3.91. The summed E-state index contributed by atoms with van der Waals surface area (Å²) in [5, 5.41) is 35.8. The molecule has 0 radical (unpaired) electrons. The van der Waals surface area contributed by atoms with Crippen molar-refractivity contribution < 1.29 is 33.6 Å². The summed E-state index contributed by atoms with van der Waals surface area (Å²) in [7, 11) is 0. The first-order valence-electron chi connectivity index (χ1n) is 9.84. The van der Waals surface area contributed by atoms with E-state index in [1.54, 1.807) is 13.2 Å². The van der Waals surface area contributed by atoms with Gasteiger partial charge in [-0.1, -0.05) is 0 Å². The van der Waals surface area contributed by atoms with Crippen LogP contribution in [0.3, 0.4) is 0 Å². The Morgan fingerprint density at radius 1 is 1.24 bits per heavy atom. The second-order valence-corrected chi connectivity index (χ2v) is 9.38. The predicted molar refractivity (Wildman–Crippen MR) is 107 cm³/mol. The summed E-state index contributed by atoms with van der Waals surface area (Å²) in [5.41, 5.74) is -0.778. The van der Waals surface area contributed by atoms with E-state index in [1.807, 2.05) is 0 Å². The number of hydrogen-bond acceptors (Lipinski definition) is 7. The van der Waals surface area contributed by atoms with E-state index in [4.69, 9.17) is 16.3 Å². The van der Waals surface area contributed by atoms with E-state index in [1.165, 1.54) is 11.8 Å². The smallest absolute Gasteiger partial charge is 0.238 e. The van der Waals surface area contributed by atoms with E-state index in [2.05, 4.69) is 10.6 Å². The van der Waals surface area contributed by atoms with Crippen LogP contribution in [-0.2, 0) is 9.53 Å². The van der Waals surface area contributed by atoms with Crippen molar-refractivity contribution in [1.82, 2.24) is 10.6 Å². The Morgan fingerprint density at radius 2 is 1.93 bits per heavy atom. The summed E-state index contributed by atoms with van der Waals surface area (Å²) in [6.45, 7) is 2.09. The number of thioether (sulfide) groups is 1. The summed E-state index contributed by atoms with van der Waals surface area (Å²) >= 11 is 7.43. The largest absolute Gasteiger partial charge is 0.388 e. The molecule has 7 nitrogen and oxygen atoms in total. The number of aliphatic hydroxyl groups is 3. The zero-order valence-corrected chi connectivity index (χ0v) is 18.1. The molecule has 0 aliphatic carbocycles. The fraction of sp³-hybridized carbons (Fsp3) is 0.944. The molecule has 2 fully saturated rings. The molecule has 0 aromatic carbocycles. The molecule has 0 aromatic heterocycles. The summed E-state index contributed by atoms with van der Waals surface area (Å²) in [6, 6.07) is -1.39. The number of rotatable bonds is 7. The van der Waals surface area contributed by atoms with Crippen molar-refractivity contribution >= 4 is 29.3 Å². The monoisotopic (exact) mass is 460 g/mol. The van der Waals surface area contributed by atoms with Gasteiger partial charge in [-0.25, -0.2) is 8.78 Å². The SMILES string of the molecule is CSC1OC(C(NC(=O)C2CCC(CC(F)F)CCN2)C(C)Cl)C(O)C(O)C1O. The van der Waals surface area contributed by atoms with Crippen LogP contribution < -0.4 is 10.6 Å². The molecule has 0 bridgehead atoms. The third kappa shape index (κ3) is 6.62. The molecule has 11 heteroatoms. The number of halogens is 3. The minimum absolute atomic E-state index is 0.134. The normalized spacial score (nSPS) is 38.3. The van der Waals surface area contributed by atoms with Crippen molar-refractivity contribution in [2.24, 2.45) is 5.92 Å². The quantitative estimate of drug-likeness (QED) is 0.355. The molecule has 5 N–H and O–H groups in total. The van der Waals surface area contributed by atoms with Gasteiger partial charge in [0, 0.05) is 6.42 Å². The summed E-state index contributed by atoms with van der Waals surface area (Å²) in [6.07, 6.45) is -4.49. The Balaban J connectivity index is 2.03. The van der Waals surface area contributed by atoms with Crippen LogP contribution in [0, 0.1) is 5.92 Å². The second-order valence-electron chi connectivity index (χ2n) is 7.75. The number of nitrogens with one attached hydrogen (secondary N) is 2. The first-order chi connectivity index (χ1) is 13.6. The minimum Gasteiger partial charge on any atom is -0.388 e. The van der Waals surface area contributed by atoms with Gasteiger partial charge in [0.05, 0.1) is 17.5 Å². The molecular weight excluding hydrogens is 430 g/mol. The molecule has 170 valence electrons. The lowest BCUT2D eigenvalue weighted by Crippen LogP contribution is -2.65. The summed E-state index contributed by atoms with van der Waals surface area (Å²) in [5.74, 6) is -0.497. The number of alkyl halides is 3. The van der Waals surface area contributed by atoms with Crippen molar-refractivity contribution in [2.45, 2.75) is 86.3 Å². The van der Waals surface area contributed by atoms with E-state index in [-0.39, 0.29) is 18.2 Å². The molecule has 2 aliphatic rings. The average Bonchev–Trinajstić information content (AvgIpc) is 2.89. The van der Waals surface area contributed by atoms with Crippen LogP contribution in [-0.4, -0.2) is 87.8 Å². The van der Waals surface area contributed by atoms with Crippen LogP contribution in [0.5, 0.6) is 0 Å². The third-order valence-electron chi connectivity index (χ3n) is 5.63. The molecule has 9 unspecified atom stereocenters. The van der Waals surface area contributed by atoms with Gasteiger partial charge < -0.3 is 30.7 Å². The number of ether oxygens (including phenoxy) is 1. The fourth-order valence-corrected chi connectivity index (χ4v) is 4.80. The van der Waals surface area contributed by atoms with Gasteiger partial charge in [0.1, 0.15) is 29.9 Å². The lowest BCUT2D eigenvalue weighted by atomic mass is 9.92. The Hall–Kier alpha value is -0.230. The van der Waals surface area contributed by atoms with Crippen LogP contribution >= 0.6 is 23.4 Å². The van der Waals surface area contributed by atoms with Crippen molar-refractivity contribution in [2.75, 3.05) is 12.8 Å². The van der Waals surface area contributed by atoms with Gasteiger partial charge in [-0.2, -0.15) is 0 Å². The van der Waals surface area contributed by atoms with E-state index >= 15 is 0 Å². The lowest BCUT2D eigenvalue weighted by Gasteiger charge is -2.44. The van der Waals surface area contributed by atoms with E-state index in [9.17, 15) is 28.9 Å². The molecular formula is C18H31ClF2N2O5S. The first kappa shape index (κ1) is 25.0. The zero-order chi connectivity index (χ0) is 21.7. The van der Waals surface area contributed by atoms with Crippen molar-refractivity contribution in [3.8, 4) is 0 Å². The highest BCUT2D eigenvalue weighted by atomic mass is 35.5. The second kappa shape index (κ2) is 11.4. The standard InChI is InChI=1S/C18H31ClF2N2O5S/c1-8(19)12(16-14(25)13(24)15(26)18(28-16)29-2)23-17(27)10-4-3-9(5-6-22-10)7-11(20)21/h8-16,18,22,24-26H,3-7H2,1-2H3,(H,23,27). The zero-order valence-electron chi connectivity index (χ0n) is 16.5. The molecule has 0 spiro atoms. The lowest BCUT2D eigenvalue weighted by molar-refractivity contribution is -0.205. The van der Waals surface area contributed by atoms with Crippen molar-refractivity contribution in [3.05, 3.63) is 0 Å². The molecule has 2 heterocycles. The maximum atomic E-state index is 12.8.